The summed E-state index contributed by atoms with van der Waals surface area (Å²) in [7, 11) is 0. The Hall–Kier alpha value is -0.450. The van der Waals surface area contributed by atoms with Crippen LogP contribution in [0.25, 0.3) is 0 Å². The molecule has 2 atom stereocenters. The van der Waals surface area contributed by atoms with Crippen molar-refractivity contribution < 1.29 is 0 Å². The second kappa shape index (κ2) is 5.51. The number of aromatic nitrogens is 1. The van der Waals surface area contributed by atoms with Gasteiger partial charge < -0.3 is 5.32 Å². The highest BCUT2D eigenvalue weighted by Gasteiger charge is 2.38. The number of hydrogen-bond acceptors (Lipinski definition) is 4. The van der Waals surface area contributed by atoms with E-state index >= 15 is 0 Å². The van der Waals surface area contributed by atoms with E-state index in [4.69, 9.17) is 0 Å². The number of thiazole rings is 1. The third kappa shape index (κ3) is 2.86. The first-order chi connectivity index (χ1) is 9.19. The third-order valence-corrected chi connectivity index (χ3v) is 5.66. The molecule has 3 nitrogen and oxygen atoms in total. The first-order valence-electron chi connectivity index (χ1n) is 7.55. The summed E-state index contributed by atoms with van der Waals surface area (Å²) in [5.41, 5.74) is 1.80. The Balaban J connectivity index is 1.70. The van der Waals surface area contributed by atoms with E-state index in [9.17, 15) is 0 Å². The van der Waals surface area contributed by atoms with Crippen molar-refractivity contribution in [2.75, 3.05) is 26.2 Å². The van der Waals surface area contributed by atoms with Crippen molar-refractivity contribution in [2.24, 2.45) is 5.41 Å². The lowest BCUT2D eigenvalue weighted by Crippen LogP contribution is -2.51. The summed E-state index contributed by atoms with van der Waals surface area (Å²) >= 11 is 1.77. The van der Waals surface area contributed by atoms with Gasteiger partial charge in [-0.05, 0) is 58.0 Å². The highest BCUT2D eigenvalue weighted by Crippen LogP contribution is 2.38. The number of nitrogens with zero attached hydrogens (tertiary/aromatic N) is 2. The summed E-state index contributed by atoms with van der Waals surface area (Å²) in [5.74, 6) is 0. The molecule has 2 aliphatic heterocycles. The smallest absolute Gasteiger partial charge is 0.0898 e. The van der Waals surface area contributed by atoms with Gasteiger partial charge in [-0.2, -0.15) is 0 Å². The molecular weight excluding hydrogens is 254 g/mol. The molecule has 106 valence electrons. The second-order valence-electron chi connectivity index (χ2n) is 6.32. The zero-order chi connectivity index (χ0) is 13.3. The van der Waals surface area contributed by atoms with Gasteiger partial charge in [0.2, 0.25) is 0 Å². The van der Waals surface area contributed by atoms with Gasteiger partial charge in [-0.25, -0.2) is 4.98 Å². The van der Waals surface area contributed by atoms with Crippen LogP contribution >= 0.6 is 11.3 Å². The maximum Gasteiger partial charge on any atom is 0.0898 e. The molecule has 0 aliphatic carbocycles. The van der Waals surface area contributed by atoms with Crippen molar-refractivity contribution in [1.29, 1.82) is 0 Å². The molecule has 19 heavy (non-hydrogen) atoms. The monoisotopic (exact) mass is 279 g/mol. The van der Waals surface area contributed by atoms with Crippen LogP contribution in [-0.2, 0) is 0 Å². The van der Waals surface area contributed by atoms with Crippen LogP contribution in [0.2, 0.25) is 0 Å². The predicted molar refractivity (Wildman–Crippen MR) is 80.6 cm³/mol. The summed E-state index contributed by atoms with van der Waals surface area (Å²) < 4.78 is 0. The fraction of sp³-hybridized carbons (Fsp3) is 0.800. The minimum Gasteiger partial charge on any atom is -0.316 e. The largest absolute Gasteiger partial charge is 0.316 e. The van der Waals surface area contributed by atoms with Crippen LogP contribution in [0.3, 0.4) is 0 Å². The zero-order valence-electron chi connectivity index (χ0n) is 12.1. The van der Waals surface area contributed by atoms with Crippen LogP contribution in [0.15, 0.2) is 5.38 Å². The van der Waals surface area contributed by atoms with E-state index in [1.54, 1.807) is 11.3 Å². The molecule has 2 fully saturated rings. The number of likely N-dealkylation sites (tertiary alicyclic amines) is 1. The maximum absolute atomic E-state index is 4.68. The lowest BCUT2D eigenvalue weighted by atomic mass is 9.74. The summed E-state index contributed by atoms with van der Waals surface area (Å²) in [5, 5.41) is 7.03. The first-order valence-corrected chi connectivity index (χ1v) is 8.43. The van der Waals surface area contributed by atoms with Gasteiger partial charge in [0.05, 0.1) is 16.7 Å². The van der Waals surface area contributed by atoms with Gasteiger partial charge in [0, 0.05) is 18.5 Å². The Morgan fingerprint density at radius 2 is 2.26 bits per heavy atom. The molecule has 1 aromatic heterocycles. The quantitative estimate of drug-likeness (QED) is 0.902. The molecule has 4 heteroatoms. The van der Waals surface area contributed by atoms with Gasteiger partial charge in [-0.1, -0.05) is 0 Å². The molecule has 0 bridgehead atoms. The van der Waals surface area contributed by atoms with Crippen molar-refractivity contribution in [1.82, 2.24) is 15.2 Å². The fourth-order valence-corrected chi connectivity index (χ4v) is 4.41. The lowest BCUT2D eigenvalue weighted by Gasteiger charge is -2.47. The Bertz CT molecular complexity index is 417. The predicted octanol–water partition coefficient (Wildman–Crippen LogP) is 2.98. The highest BCUT2D eigenvalue weighted by molar-refractivity contribution is 7.09. The molecule has 1 spiro atoms. The van der Waals surface area contributed by atoms with Crippen LogP contribution in [0.5, 0.6) is 0 Å². The molecule has 2 saturated heterocycles. The molecule has 2 unspecified atom stereocenters. The van der Waals surface area contributed by atoms with Gasteiger partial charge in [-0.3, -0.25) is 4.90 Å². The molecule has 3 rings (SSSR count). The van der Waals surface area contributed by atoms with E-state index in [2.05, 4.69) is 34.4 Å². The van der Waals surface area contributed by atoms with Crippen LogP contribution in [0.1, 0.15) is 49.4 Å². The van der Waals surface area contributed by atoms with E-state index < -0.39 is 0 Å². The fourth-order valence-electron chi connectivity index (χ4n) is 3.71. The number of rotatable bonds is 2. The van der Waals surface area contributed by atoms with E-state index in [0.717, 1.165) is 0 Å². The van der Waals surface area contributed by atoms with Crippen LogP contribution in [0, 0.1) is 12.3 Å². The molecule has 0 saturated carbocycles. The first kappa shape index (κ1) is 13.5. The minimum atomic E-state index is 0.476. The Kier molecular flexibility index (Phi) is 3.92. The molecular formula is C15H25N3S. The van der Waals surface area contributed by atoms with E-state index in [1.165, 1.54) is 62.6 Å². The van der Waals surface area contributed by atoms with Crippen LogP contribution < -0.4 is 5.32 Å². The average molecular weight is 279 g/mol. The van der Waals surface area contributed by atoms with E-state index in [0.29, 0.717) is 11.5 Å². The third-order valence-electron chi connectivity index (χ3n) is 4.86. The second-order valence-corrected chi connectivity index (χ2v) is 7.38. The van der Waals surface area contributed by atoms with Gasteiger partial charge >= 0.3 is 0 Å². The summed E-state index contributed by atoms with van der Waals surface area (Å²) in [6.07, 6.45) is 5.49. The van der Waals surface area contributed by atoms with Crippen molar-refractivity contribution in [3.63, 3.8) is 0 Å². The Labute approximate surface area is 120 Å². The van der Waals surface area contributed by atoms with Gasteiger partial charge in [0.15, 0.2) is 0 Å². The number of aryl methyl sites for hydroxylation is 1. The topological polar surface area (TPSA) is 28.2 Å². The van der Waals surface area contributed by atoms with Gasteiger partial charge in [0.1, 0.15) is 0 Å². The SMILES string of the molecule is Cc1nc(C(C)N2CCCC3(CCCNC3)C2)cs1. The zero-order valence-corrected chi connectivity index (χ0v) is 12.9. The highest BCUT2D eigenvalue weighted by atomic mass is 32.1. The number of piperidine rings is 2. The maximum atomic E-state index is 4.68. The molecule has 1 N–H and O–H groups in total. The molecule has 1 aromatic rings. The average Bonchev–Trinajstić information content (AvgIpc) is 2.85. The van der Waals surface area contributed by atoms with Crippen molar-refractivity contribution in [3.8, 4) is 0 Å². The van der Waals surface area contributed by atoms with E-state index in [-0.39, 0.29) is 0 Å². The standard InChI is InChI=1S/C15H25N3S/c1-12(14-9-19-13(2)17-14)18-8-4-6-15(11-18)5-3-7-16-10-15/h9,12,16H,3-8,10-11H2,1-2H3. The molecule has 2 aliphatic rings. The van der Waals surface area contributed by atoms with E-state index in [1.807, 2.05) is 0 Å². The Morgan fingerprint density at radius 3 is 2.95 bits per heavy atom. The summed E-state index contributed by atoms with van der Waals surface area (Å²) in [6, 6.07) is 0.476. The normalized spacial score (nSPS) is 30.6. The number of nitrogens with one attached hydrogen (secondary N) is 1. The number of hydrogen-bond donors (Lipinski definition) is 1. The van der Waals surface area contributed by atoms with Crippen LogP contribution in [-0.4, -0.2) is 36.1 Å². The van der Waals surface area contributed by atoms with Crippen molar-refractivity contribution in [3.05, 3.63) is 16.1 Å². The lowest BCUT2D eigenvalue weighted by molar-refractivity contribution is 0.0406. The molecule has 0 aromatic carbocycles. The molecule has 0 amide bonds. The van der Waals surface area contributed by atoms with Crippen molar-refractivity contribution in [2.45, 2.75) is 45.6 Å². The molecule has 0 radical (unpaired) electrons. The van der Waals surface area contributed by atoms with Crippen LogP contribution in [0.4, 0.5) is 0 Å². The van der Waals surface area contributed by atoms with Gasteiger partial charge in [-0.15, -0.1) is 11.3 Å². The summed E-state index contributed by atoms with van der Waals surface area (Å²) in [4.78, 5) is 7.34. The van der Waals surface area contributed by atoms with Crippen molar-refractivity contribution >= 4 is 11.3 Å². The minimum absolute atomic E-state index is 0.476. The van der Waals surface area contributed by atoms with Gasteiger partial charge in [0.25, 0.3) is 0 Å². The Morgan fingerprint density at radius 1 is 1.42 bits per heavy atom. The summed E-state index contributed by atoms with van der Waals surface area (Å²) in [6.45, 7) is 9.33. The molecule has 3 heterocycles.